The molecule has 0 rings (SSSR count). The van der Waals surface area contributed by atoms with Gasteiger partial charge in [-0.15, -0.1) is 4.33 Å². The maximum Gasteiger partial charge on any atom is 0.0710 e. The number of allylic oxidation sites excluding steroid dienone is 3. The molecule has 0 heterocycles. The summed E-state index contributed by atoms with van der Waals surface area (Å²) in [5.41, 5.74) is 0. The van der Waals surface area contributed by atoms with Crippen molar-refractivity contribution in [1.82, 2.24) is 0 Å². The van der Waals surface area contributed by atoms with Crippen molar-refractivity contribution in [2.75, 3.05) is 0 Å². The Bertz CT molecular complexity index is 143. The van der Waals surface area contributed by atoms with Gasteiger partial charge in [-0.2, -0.15) is 0 Å². The van der Waals surface area contributed by atoms with Crippen LogP contribution in [0.3, 0.4) is 0 Å². The van der Waals surface area contributed by atoms with Gasteiger partial charge in [-0.05, 0) is 13.3 Å². The molecule has 0 aromatic rings. The molecule has 0 radical (unpaired) electrons. The monoisotopic (exact) mass is 176 g/mol. The zero-order valence-electron chi connectivity index (χ0n) is 6.61. The van der Waals surface area contributed by atoms with E-state index >= 15 is 0 Å². The van der Waals surface area contributed by atoms with Gasteiger partial charge in [0.15, 0.2) is 0 Å². The van der Waals surface area contributed by atoms with Gasteiger partial charge in [0, 0.05) is 4.91 Å². The molecule has 0 aliphatic carbocycles. The summed E-state index contributed by atoms with van der Waals surface area (Å²) in [7, 11) is 0. The van der Waals surface area contributed by atoms with Crippen molar-refractivity contribution in [2.45, 2.75) is 20.3 Å². The van der Waals surface area contributed by atoms with Gasteiger partial charge in [0.1, 0.15) is 0 Å². The molecule has 1 N–H and O–H groups in total. The van der Waals surface area contributed by atoms with Crippen LogP contribution in [0.25, 0.3) is 0 Å². The zero-order chi connectivity index (χ0) is 8.53. The molecule has 0 atom stereocenters. The van der Waals surface area contributed by atoms with E-state index in [9.17, 15) is 0 Å². The molecule has 0 fully saturated rings. The first-order valence-electron chi connectivity index (χ1n) is 3.32. The summed E-state index contributed by atoms with van der Waals surface area (Å²) < 4.78 is 4.24. The van der Waals surface area contributed by atoms with E-state index in [4.69, 9.17) is 5.26 Å². The average Bonchev–Trinajstić information content (AvgIpc) is 2.05. The van der Waals surface area contributed by atoms with Crippen molar-refractivity contribution in [2.24, 2.45) is 0 Å². The van der Waals surface area contributed by atoms with Gasteiger partial charge in [-0.25, -0.2) is 5.26 Å². The Kier molecular flexibility index (Phi) is 7.61. The lowest BCUT2D eigenvalue weighted by atomic mass is 10.4. The summed E-state index contributed by atoms with van der Waals surface area (Å²) in [4.78, 5) is 0.890. The molecule has 0 aromatic heterocycles. The molecule has 0 aliphatic rings. The molecule has 0 amide bonds. The fourth-order valence-corrected chi connectivity index (χ4v) is 0.818. The highest BCUT2D eigenvalue weighted by Crippen LogP contribution is 2.17. The van der Waals surface area contributed by atoms with Gasteiger partial charge >= 0.3 is 0 Å². The second-order valence-electron chi connectivity index (χ2n) is 1.73. The lowest BCUT2D eigenvalue weighted by molar-refractivity contribution is -0.431. The molecule has 0 saturated carbocycles. The van der Waals surface area contributed by atoms with Crippen LogP contribution in [0.15, 0.2) is 23.1 Å². The Labute approximate surface area is 70.8 Å². The van der Waals surface area contributed by atoms with Gasteiger partial charge in [0.05, 0.1) is 12.0 Å². The molecule has 0 saturated heterocycles. The third kappa shape index (κ3) is 6.12. The molecule has 0 bridgehead atoms. The van der Waals surface area contributed by atoms with Gasteiger partial charge in [0.2, 0.25) is 0 Å². The minimum atomic E-state index is 0.890. The van der Waals surface area contributed by atoms with Crippen molar-refractivity contribution in [3.63, 3.8) is 0 Å². The third-order valence-corrected chi connectivity index (χ3v) is 1.66. The minimum absolute atomic E-state index is 0.890. The fourth-order valence-electron chi connectivity index (χ4n) is 0.461. The summed E-state index contributed by atoms with van der Waals surface area (Å²) in [6.45, 7) is 3.92. The van der Waals surface area contributed by atoms with E-state index in [2.05, 4.69) is 9.37 Å². The summed E-state index contributed by atoms with van der Waals surface area (Å²) in [5.74, 6) is 0. The lowest BCUT2D eigenvalue weighted by Gasteiger charge is -1.95. The van der Waals surface area contributed by atoms with Crippen LogP contribution >= 0.6 is 12.0 Å². The predicted molar refractivity (Wildman–Crippen MR) is 45.6 cm³/mol. The highest BCUT2D eigenvalue weighted by atomic mass is 32.2. The van der Waals surface area contributed by atoms with Gasteiger partial charge in [-0.1, -0.05) is 30.2 Å². The van der Waals surface area contributed by atoms with Crippen molar-refractivity contribution in [3.05, 3.63) is 23.1 Å². The van der Waals surface area contributed by atoms with Gasteiger partial charge < -0.3 is 0 Å². The first-order valence-corrected chi connectivity index (χ1v) is 4.07. The van der Waals surface area contributed by atoms with Crippen LogP contribution in [0.5, 0.6) is 0 Å². The number of rotatable bonds is 5. The molecule has 4 heteroatoms. The first kappa shape index (κ1) is 10.7. The van der Waals surface area contributed by atoms with Crippen LogP contribution in [-0.2, 0) is 9.37 Å². The third-order valence-electron chi connectivity index (χ3n) is 0.963. The summed E-state index contributed by atoms with van der Waals surface area (Å²) in [5, 5.41) is 11.3. The molecule has 0 aromatic carbocycles. The van der Waals surface area contributed by atoms with E-state index in [-0.39, 0.29) is 0 Å². The average molecular weight is 176 g/mol. The summed E-state index contributed by atoms with van der Waals surface area (Å²) >= 11 is 0.964. The van der Waals surface area contributed by atoms with Gasteiger partial charge in [-0.3, -0.25) is 0 Å². The van der Waals surface area contributed by atoms with Crippen molar-refractivity contribution < 1.29 is 14.6 Å². The quantitative estimate of drug-likeness (QED) is 0.302. The van der Waals surface area contributed by atoms with Crippen LogP contribution in [0, 0.1) is 0 Å². The SMILES string of the molecule is CC=C(C=CCC)SOOO. The summed E-state index contributed by atoms with van der Waals surface area (Å²) in [6.07, 6.45) is 6.71. The second kappa shape index (κ2) is 7.81. The molecule has 3 nitrogen and oxygen atoms in total. The Morgan fingerprint density at radius 3 is 2.82 bits per heavy atom. The van der Waals surface area contributed by atoms with E-state index in [1.165, 1.54) is 0 Å². The minimum Gasteiger partial charge on any atom is -0.220 e. The maximum atomic E-state index is 7.84. The molecular formula is C7H12O3S. The zero-order valence-corrected chi connectivity index (χ0v) is 7.43. The highest BCUT2D eigenvalue weighted by Gasteiger charge is 1.92. The molecule has 0 aliphatic heterocycles. The lowest BCUT2D eigenvalue weighted by Crippen LogP contribution is -1.78. The van der Waals surface area contributed by atoms with Crippen LogP contribution in [0.4, 0.5) is 0 Å². The van der Waals surface area contributed by atoms with Crippen molar-refractivity contribution in [1.29, 1.82) is 0 Å². The van der Waals surface area contributed by atoms with E-state index in [0.717, 1.165) is 23.4 Å². The van der Waals surface area contributed by atoms with Crippen LogP contribution in [0.2, 0.25) is 0 Å². The van der Waals surface area contributed by atoms with Crippen LogP contribution in [0.1, 0.15) is 20.3 Å². The van der Waals surface area contributed by atoms with Crippen molar-refractivity contribution in [3.8, 4) is 0 Å². The van der Waals surface area contributed by atoms with E-state index in [1.54, 1.807) is 0 Å². The summed E-state index contributed by atoms with van der Waals surface area (Å²) in [6, 6.07) is 0. The Balaban J connectivity index is 3.68. The smallest absolute Gasteiger partial charge is 0.0710 e. The molecule has 0 spiro atoms. The Hall–Kier alpha value is -0.290. The standard InChI is InChI=1S/C7H12O3S/c1-3-5-6-7(4-2)11-10-9-8/h4-6,8H,3H2,1-2H3. The molecular weight excluding hydrogens is 164 g/mol. The Morgan fingerprint density at radius 1 is 1.64 bits per heavy atom. The molecule has 0 unspecified atom stereocenters. The molecule has 11 heavy (non-hydrogen) atoms. The van der Waals surface area contributed by atoms with Crippen LogP contribution in [-0.4, -0.2) is 5.26 Å². The normalized spacial score (nSPS) is 12.8. The first-order chi connectivity index (χ1) is 5.35. The van der Waals surface area contributed by atoms with E-state index in [1.807, 2.05) is 32.1 Å². The predicted octanol–water partition coefficient (Wildman–Crippen LogP) is 2.93. The van der Waals surface area contributed by atoms with Crippen molar-refractivity contribution >= 4 is 12.0 Å². The number of hydrogen-bond donors (Lipinski definition) is 1. The topological polar surface area (TPSA) is 38.7 Å². The van der Waals surface area contributed by atoms with E-state index < -0.39 is 0 Å². The highest BCUT2D eigenvalue weighted by molar-refractivity contribution is 7.98. The van der Waals surface area contributed by atoms with Gasteiger partial charge in [0.25, 0.3) is 0 Å². The maximum absolute atomic E-state index is 7.84. The molecule has 64 valence electrons. The largest absolute Gasteiger partial charge is 0.220 e. The fraction of sp³-hybridized carbons (Fsp3) is 0.429. The van der Waals surface area contributed by atoms with E-state index in [0.29, 0.717) is 0 Å². The Morgan fingerprint density at radius 2 is 2.36 bits per heavy atom. The van der Waals surface area contributed by atoms with Crippen LogP contribution < -0.4 is 0 Å². The number of hydrogen-bond acceptors (Lipinski definition) is 4. The second-order valence-corrected chi connectivity index (χ2v) is 2.50.